The summed E-state index contributed by atoms with van der Waals surface area (Å²) >= 11 is 0. The average Bonchev–Trinajstić information content (AvgIpc) is 1.75. The maximum Gasteiger partial charge on any atom is 0.304 e. The third kappa shape index (κ3) is 2.33. The van der Waals surface area contributed by atoms with Crippen LogP contribution in [0.15, 0.2) is 0 Å². The van der Waals surface area contributed by atoms with Crippen LogP contribution < -0.4 is 10.6 Å². The molecule has 0 saturated carbocycles. The van der Waals surface area contributed by atoms with E-state index in [1.165, 1.54) is 0 Å². The number of carboxylic acids is 1. The molecule has 1 saturated heterocycles. The van der Waals surface area contributed by atoms with Gasteiger partial charge in [0.25, 0.3) is 0 Å². The normalized spacial score (nSPS) is 18.4. The third-order valence-corrected chi connectivity index (χ3v) is 1.55. The van der Waals surface area contributed by atoms with Crippen molar-refractivity contribution in [2.24, 2.45) is 0 Å². The van der Waals surface area contributed by atoms with Gasteiger partial charge in [0.1, 0.15) is 0 Å². The predicted octanol–water partition coefficient (Wildman–Crippen LogP) is -0.977. The second kappa shape index (κ2) is 3.53. The van der Waals surface area contributed by atoms with Gasteiger partial charge in [0, 0.05) is 25.7 Å². The highest BCUT2D eigenvalue weighted by Crippen LogP contribution is 1.89. The highest BCUT2D eigenvalue weighted by molar-refractivity contribution is 5.66. The van der Waals surface area contributed by atoms with Gasteiger partial charge in [0.2, 0.25) is 0 Å². The van der Waals surface area contributed by atoms with Crippen LogP contribution in [0, 0.1) is 0 Å². The molecule has 1 aliphatic rings. The van der Waals surface area contributed by atoms with Gasteiger partial charge >= 0.3 is 5.97 Å². The molecule has 0 amide bonds. The first-order valence-electron chi connectivity index (χ1n) is 3.45. The fourth-order valence-corrected chi connectivity index (χ4v) is 0.816. The van der Waals surface area contributed by atoms with E-state index in [0.717, 1.165) is 13.1 Å². The molecular weight excluding hydrogens is 132 g/mol. The van der Waals surface area contributed by atoms with Gasteiger partial charge in [-0.1, -0.05) is 0 Å². The van der Waals surface area contributed by atoms with Gasteiger partial charge in [-0.25, -0.2) is 0 Å². The molecular formula is C6H12N2O2. The molecule has 4 heteroatoms. The molecule has 4 nitrogen and oxygen atoms in total. The Morgan fingerprint density at radius 3 is 2.80 bits per heavy atom. The SMILES string of the molecule is O=C(O)CCNC1CNC1. The molecule has 1 heterocycles. The van der Waals surface area contributed by atoms with E-state index in [2.05, 4.69) is 10.6 Å². The van der Waals surface area contributed by atoms with E-state index < -0.39 is 5.97 Å². The van der Waals surface area contributed by atoms with Gasteiger partial charge in [-0.15, -0.1) is 0 Å². The van der Waals surface area contributed by atoms with E-state index in [9.17, 15) is 4.79 Å². The minimum absolute atomic E-state index is 0.219. The first kappa shape index (κ1) is 7.50. The van der Waals surface area contributed by atoms with Crippen molar-refractivity contribution in [3.8, 4) is 0 Å². The third-order valence-electron chi connectivity index (χ3n) is 1.55. The predicted molar refractivity (Wildman–Crippen MR) is 36.9 cm³/mol. The smallest absolute Gasteiger partial charge is 0.304 e. The molecule has 0 atom stereocenters. The number of aliphatic carboxylic acids is 1. The van der Waals surface area contributed by atoms with E-state index in [1.807, 2.05) is 0 Å². The van der Waals surface area contributed by atoms with Crippen LogP contribution in [-0.4, -0.2) is 36.8 Å². The Balaban J connectivity index is 1.89. The number of rotatable bonds is 4. The lowest BCUT2D eigenvalue weighted by atomic mass is 10.2. The fourth-order valence-electron chi connectivity index (χ4n) is 0.816. The fraction of sp³-hybridized carbons (Fsp3) is 0.833. The van der Waals surface area contributed by atoms with Crippen molar-refractivity contribution in [3.63, 3.8) is 0 Å². The van der Waals surface area contributed by atoms with Crippen molar-refractivity contribution in [2.45, 2.75) is 12.5 Å². The highest BCUT2D eigenvalue weighted by atomic mass is 16.4. The molecule has 0 bridgehead atoms. The van der Waals surface area contributed by atoms with Crippen LogP contribution in [0.2, 0.25) is 0 Å². The van der Waals surface area contributed by atoms with E-state index in [0.29, 0.717) is 12.6 Å². The Labute approximate surface area is 59.6 Å². The lowest BCUT2D eigenvalue weighted by Crippen LogP contribution is -2.55. The molecule has 0 spiro atoms. The lowest BCUT2D eigenvalue weighted by Gasteiger charge is -2.27. The van der Waals surface area contributed by atoms with Crippen molar-refractivity contribution >= 4 is 5.97 Å². The van der Waals surface area contributed by atoms with E-state index in [-0.39, 0.29) is 6.42 Å². The van der Waals surface area contributed by atoms with E-state index in [4.69, 9.17) is 5.11 Å². The maximum absolute atomic E-state index is 10.0. The molecule has 10 heavy (non-hydrogen) atoms. The summed E-state index contributed by atoms with van der Waals surface area (Å²) in [5, 5.41) is 14.5. The average molecular weight is 144 g/mol. The Morgan fingerprint density at radius 1 is 1.70 bits per heavy atom. The molecule has 1 fully saturated rings. The van der Waals surface area contributed by atoms with Crippen LogP contribution in [0.3, 0.4) is 0 Å². The largest absolute Gasteiger partial charge is 0.481 e. The number of hydrogen-bond acceptors (Lipinski definition) is 3. The lowest BCUT2D eigenvalue weighted by molar-refractivity contribution is -0.136. The molecule has 1 aliphatic heterocycles. The second-order valence-electron chi connectivity index (χ2n) is 2.45. The first-order chi connectivity index (χ1) is 4.79. The van der Waals surface area contributed by atoms with E-state index >= 15 is 0 Å². The number of carboxylic acid groups (broad SMARTS) is 1. The maximum atomic E-state index is 10.0. The summed E-state index contributed by atoms with van der Waals surface area (Å²) in [6.45, 7) is 2.53. The summed E-state index contributed by atoms with van der Waals surface area (Å²) in [7, 11) is 0. The number of hydrogen-bond donors (Lipinski definition) is 3. The zero-order chi connectivity index (χ0) is 7.40. The molecule has 0 aromatic rings. The molecule has 0 aromatic heterocycles. The molecule has 0 aromatic carbocycles. The summed E-state index contributed by atoms with van der Waals surface area (Å²) in [6, 6.07) is 0.499. The van der Waals surface area contributed by atoms with Gasteiger partial charge in [0.15, 0.2) is 0 Å². The number of carbonyl (C=O) groups is 1. The van der Waals surface area contributed by atoms with Gasteiger partial charge in [-0.05, 0) is 0 Å². The Kier molecular flexibility index (Phi) is 2.65. The second-order valence-corrected chi connectivity index (χ2v) is 2.45. The minimum Gasteiger partial charge on any atom is -0.481 e. The van der Waals surface area contributed by atoms with Gasteiger partial charge < -0.3 is 15.7 Å². The zero-order valence-electron chi connectivity index (χ0n) is 5.76. The number of nitrogens with one attached hydrogen (secondary N) is 2. The van der Waals surface area contributed by atoms with Crippen LogP contribution in [0.4, 0.5) is 0 Å². The molecule has 3 N–H and O–H groups in total. The van der Waals surface area contributed by atoms with Gasteiger partial charge in [-0.2, -0.15) is 0 Å². The van der Waals surface area contributed by atoms with E-state index in [1.54, 1.807) is 0 Å². The Bertz CT molecular complexity index is 123. The Hall–Kier alpha value is -0.610. The van der Waals surface area contributed by atoms with Crippen molar-refractivity contribution in [3.05, 3.63) is 0 Å². The Morgan fingerprint density at radius 2 is 2.40 bits per heavy atom. The molecule has 58 valence electrons. The van der Waals surface area contributed by atoms with Crippen LogP contribution in [-0.2, 0) is 4.79 Å². The molecule has 0 unspecified atom stereocenters. The topological polar surface area (TPSA) is 61.4 Å². The van der Waals surface area contributed by atoms with Crippen LogP contribution in [0.25, 0.3) is 0 Å². The summed E-state index contributed by atoms with van der Waals surface area (Å²) in [4.78, 5) is 10.0. The minimum atomic E-state index is -0.736. The van der Waals surface area contributed by atoms with Crippen molar-refractivity contribution in [1.29, 1.82) is 0 Å². The van der Waals surface area contributed by atoms with Crippen molar-refractivity contribution < 1.29 is 9.90 Å². The summed E-state index contributed by atoms with van der Waals surface area (Å²) in [6.07, 6.45) is 0.219. The van der Waals surface area contributed by atoms with Crippen molar-refractivity contribution in [1.82, 2.24) is 10.6 Å². The summed E-state index contributed by atoms with van der Waals surface area (Å²) < 4.78 is 0. The quantitative estimate of drug-likeness (QED) is 0.474. The molecule has 1 rings (SSSR count). The van der Waals surface area contributed by atoms with Crippen LogP contribution in [0.5, 0.6) is 0 Å². The zero-order valence-corrected chi connectivity index (χ0v) is 5.76. The molecule has 0 radical (unpaired) electrons. The summed E-state index contributed by atoms with van der Waals surface area (Å²) in [5.74, 6) is -0.736. The van der Waals surface area contributed by atoms with Crippen LogP contribution in [0.1, 0.15) is 6.42 Å². The van der Waals surface area contributed by atoms with Gasteiger partial charge in [0.05, 0.1) is 6.42 Å². The van der Waals surface area contributed by atoms with Crippen LogP contribution >= 0.6 is 0 Å². The molecule has 0 aliphatic carbocycles. The monoisotopic (exact) mass is 144 g/mol. The highest BCUT2D eigenvalue weighted by Gasteiger charge is 2.14. The first-order valence-corrected chi connectivity index (χ1v) is 3.45. The standard InChI is InChI=1S/C6H12N2O2/c9-6(10)1-2-8-5-3-7-4-5/h5,7-8H,1-4H2,(H,9,10). The summed E-state index contributed by atoms with van der Waals surface area (Å²) in [5.41, 5.74) is 0. The van der Waals surface area contributed by atoms with Gasteiger partial charge in [-0.3, -0.25) is 4.79 Å². The van der Waals surface area contributed by atoms with Crippen molar-refractivity contribution in [2.75, 3.05) is 19.6 Å².